The zero-order chi connectivity index (χ0) is 34.8. The minimum absolute atomic E-state index is 0.329. The molecule has 3 unspecified atom stereocenters. The first-order chi connectivity index (χ1) is 23.6. The molecule has 0 aliphatic heterocycles. The summed E-state index contributed by atoms with van der Waals surface area (Å²) in [5.41, 5.74) is 0. The topological polar surface area (TPSA) is 20.3 Å². The SMILES string of the molecule is CCCCC/C=C\C/C=C\CCCCCCCCC(CCCCCCCC/C=C\CCCCCCCC)CC(=O)C1CCC(N(C)C)C1. The molecule has 0 heterocycles. The summed E-state index contributed by atoms with van der Waals surface area (Å²) < 4.78 is 0. The molecule has 0 bridgehead atoms. The fraction of sp³-hybridized carbons (Fsp3) is 0.848. The van der Waals surface area contributed by atoms with Crippen molar-refractivity contribution in [2.45, 2.75) is 225 Å². The lowest BCUT2D eigenvalue weighted by Crippen LogP contribution is -2.26. The van der Waals surface area contributed by atoms with Gasteiger partial charge in [0.25, 0.3) is 0 Å². The Morgan fingerprint density at radius 2 is 0.938 bits per heavy atom. The quantitative estimate of drug-likeness (QED) is 0.0495. The highest BCUT2D eigenvalue weighted by molar-refractivity contribution is 5.81. The number of unbranched alkanes of at least 4 members (excludes halogenated alkanes) is 21. The number of carbonyl (C=O) groups excluding carboxylic acids is 1. The van der Waals surface area contributed by atoms with Crippen LogP contribution in [0.15, 0.2) is 36.5 Å². The number of hydrogen-bond donors (Lipinski definition) is 0. The van der Waals surface area contributed by atoms with Crippen LogP contribution in [0.4, 0.5) is 0 Å². The van der Waals surface area contributed by atoms with Crippen molar-refractivity contribution in [3.8, 4) is 0 Å². The predicted octanol–water partition coefficient (Wildman–Crippen LogP) is 14.9. The van der Waals surface area contributed by atoms with E-state index in [1.807, 2.05) is 0 Å². The van der Waals surface area contributed by atoms with Crippen molar-refractivity contribution >= 4 is 5.78 Å². The molecule has 0 N–H and O–H groups in total. The third kappa shape index (κ3) is 27.6. The van der Waals surface area contributed by atoms with E-state index in [-0.39, 0.29) is 0 Å². The molecule has 1 aliphatic rings. The van der Waals surface area contributed by atoms with Crippen LogP contribution in [0.2, 0.25) is 0 Å². The summed E-state index contributed by atoms with van der Waals surface area (Å²) in [5, 5.41) is 0. The molecule has 0 saturated heterocycles. The lowest BCUT2D eigenvalue weighted by molar-refractivity contribution is -0.123. The summed E-state index contributed by atoms with van der Waals surface area (Å²) >= 11 is 0. The molecule has 0 aromatic rings. The van der Waals surface area contributed by atoms with Gasteiger partial charge in [0.05, 0.1) is 0 Å². The smallest absolute Gasteiger partial charge is 0.136 e. The summed E-state index contributed by atoms with van der Waals surface area (Å²) in [6, 6.07) is 0.612. The molecule has 2 nitrogen and oxygen atoms in total. The standard InChI is InChI=1S/C46H85NO/c1-5-7-9-11-13-15-17-19-21-23-25-27-29-31-33-35-37-43(41-46(48)44-39-40-45(42-44)47(3)4)38-36-34-32-30-28-26-24-22-20-18-16-14-12-10-8-6-2/h13,15,19-22,43-45H,5-12,14,16-18,23-42H2,1-4H3/b15-13-,21-19-,22-20-. The van der Waals surface area contributed by atoms with Crippen molar-refractivity contribution in [2.75, 3.05) is 14.1 Å². The van der Waals surface area contributed by atoms with Crippen molar-refractivity contribution in [3.63, 3.8) is 0 Å². The second-order valence-electron chi connectivity index (χ2n) is 15.8. The highest BCUT2D eigenvalue weighted by Crippen LogP contribution is 2.32. The lowest BCUT2D eigenvalue weighted by Gasteiger charge is -2.20. The second-order valence-corrected chi connectivity index (χ2v) is 15.8. The first-order valence-electron chi connectivity index (χ1n) is 21.7. The second kappa shape index (κ2) is 34.3. The van der Waals surface area contributed by atoms with E-state index in [1.54, 1.807) is 0 Å². The van der Waals surface area contributed by atoms with Crippen molar-refractivity contribution < 1.29 is 4.79 Å². The molecule has 1 aliphatic carbocycles. The number of hydrogen-bond acceptors (Lipinski definition) is 2. The Balaban J connectivity index is 2.19. The summed E-state index contributed by atoms with van der Waals surface area (Å²) in [4.78, 5) is 15.7. The van der Waals surface area contributed by atoms with Crippen LogP contribution in [-0.2, 0) is 4.79 Å². The van der Waals surface area contributed by atoms with E-state index >= 15 is 0 Å². The van der Waals surface area contributed by atoms with E-state index in [1.165, 1.54) is 180 Å². The van der Waals surface area contributed by atoms with Gasteiger partial charge in [-0.25, -0.2) is 0 Å². The molecule has 0 aromatic heterocycles. The van der Waals surface area contributed by atoms with Crippen molar-refractivity contribution in [2.24, 2.45) is 11.8 Å². The Bertz CT molecular complexity index is 779. The van der Waals surface area contributed by atoms with Gasteiger partial charge in [-0.05, 0) is 97.1 Å². The Labute approximate surface area is 302 Å². The molecule has 1 rings (SSSR count). The first kappa shape index (κ1) is 44.9. The minimum atomic E-state index is 0.329. The van der Waals surface area contributed by atoms with Gasteiger partial charge in [0.15, 0.2) is 0 Å². The maximum Gasteiger partial charge on any atom is 0.136 e. The maximum atomic E-state index is 13.3. The molecule has 48 heavy (non-hydrogen) atoms. The van der Waals surface area contributed by atoms with E-state index in [0.717, 1.165) is 25.7 Å². The molecule has 0 amide bonds. The number of rotatable bonds is 35. The van der Waals surface area contributed by atoms with E-state index in [9.17, 15) is 4.79 Å². The van der Waals surface area contributed by atoms with Gasteiger partial charge >= 0.3 is 0 Å². The highest BCUT2D eigenvalue weighted by atomic mass is 16.1. The lowest BCUT2D eigenvalue weighted by atomic mass is 9.86. The Morgan fingerprint density at radius 3 is 1.40 bits per heavy atom. The van der Waals surface area contributed by atoms with Gasteiger partial charge in [-0.1, -0.05) is 172 Å². The summed E-state index contributed by atoms with van der Waals surface area (Å²) in [6.45, 7) is 4.56. The van der Waals surface area contributed by atoms with E-state index < -0.39 is 0 Å². The van der Waals surface area contributed by atoms with Gasteiger partial charge in [0.1, 0.15) is 5.78 Å². The van der Waals surface area contributed by atoms with Crippen LogP contribution >= 0.6 is 0 Å². The van der Waals surface area contributed by atoms with E-state index in [0.29, 0.717) is 23.7 Å². The number of nitrogens with zero attached hydrogens (tertiary/aromatic N) is 1. The summed E-state index contributed by atoms with van der Waals surface area (Å²) in [6.07, 6.45) is 55.9. The first-order valence-corrected chi connectivity index (χ1v) is 21.7. The van der Waals surface area contributed by atoms with Gasteiger partial charge in [-0.15, -0.1) is 0 Å². The van der Waals surface area contributed by atoms with Crippen LogP contribution < -0.4 is 0 Å². The molecule has 1 saturated carbocycles. The minimum Gasteiger partial charge on any atom is -0.306 e. The number of allylic oxidation sites excluding steroid dienone is 6. The van der Waals surface area contributed by atoms with Crippen LogP contribution in [-0.4, -0.2) is 30.8 Å². The number of Topliss-reactive ketones (excluding diaryl/α,β-unsaturated/α-hetero) is 1. The molecule has 3 atom stereocenters. The largest absolute Gasteiger partial charge is 0.306 e. The van der Waals surface area contributed by atoms with Crippen LogP contribution in [0, 0.1) is 11.8 Å². The van der Waals surface area contributed by atoms with Gasteiger partial charge < -0.3 is 4.90 Å². The Morgan fingerprint density at radius 1 is 0.542 bits per heavy atom. The maximum absolute atomic E-state index is 13.3. The van der Waals surface area contributed by atoms with Crippen LogP contribution in [0.3, 0.4) is 0 Å². The van der Waals surface area contributed by atoms with Crippen molar-refractivity contribution in [1.29, 1.82) is 0 Å². The summed E-state index contributed by atoms with van der Waals surface area (Å²) in [7, 11) is 4.36. The van der Waals surface area contributed by atoms with E-state index in [4.69, 9.17) is 0 Å². The molecule has 2 heteroatoms. The van der Waals surface area contributed by atoms with Crippen LogP contribution in [0.1, 0.15) is 219 Å². The zero-order valence-corrected chi connectivity index (χ0v) is 33.2. The monoisotopic (exact) mass is 668 g/mol. The predicted molar refractivity (Wildman–Crippen MR) is 216 cm³/mol. The molecule has 0 aromatic carbocycles. The molecular weight excluding hydrogens is 583 g/mol. The average Bonchev–Trinajstić information content (AvgIpc) is 3.59. The zero-order valence-electron chi connectivity index (χ0n) is 33.2. The normalized spacial score (nSPS) is 17.6. The van der Waals surface area contributed by atoms with Gasteiger partial charge in [0.2, 0.25) is 0 Å². The molecule has 0 spiro atoms. The average molecular weight is 668 g/mol. The van der Waals surface area contributed by atoms with Crippen LogP contribution in [0.25, 0.3) is 0 Å². The molecule has 280 valence electrons. The molecule has 0 radical (unpaired) electrons. The fourth-order valence-corrected chi connectivity index (χ4v) is 7.62. The Kier molecular flexibility index (Phi) is 32.1. The summed E-state index contributed by atoms with van der Waals surface area (Å²) in [5.74, 6) is 1.54. The van der Waals surface area contributed by atoms with Gasteiger partial charge in [0, 0.05) is 18.4 Å². The fourth-order valence-electron chi connectivity index (χ4n) is 7.62. The highest BCUT2D eigenvalue weighted by Gasteiger charge is 2.31. The van der Waals surface area contributed by atoms with Crippen molar-refractivity contribution in [3.05, 3.63) is 36.5 Å². The van der Waals surface area contributed by atoms with Crippen molar-refractivity contribution in [1.82, 2.24) is 4.90 Å². The molecular formula is C46H85NO. The Hall–Kier alpha value is -1.15. The number of ketones is 1. The van der Waals surface area contributed by atoms with E-state index in [2.05, 4.69) is 69.3 Å². The third-order valence-electron chi connectivity index (χ3n) is 11.0. The third-order valence-corrected chi connectivity index (χ3v) is 11.0. The molecule has 1 fully saturated rings. The van der Waals surface area contributed by atoms with Crippen LogP contribution in [0.5, 0.6) is 0 Å². The number of carbonyl (C=O) groups is 1. The van der Waals surface area contributed by atoms with Gasteiger partial charge in [-0.2, -0.15) is 0 Å². The van der Waals surface area contributed by atoms with Gasteiger partial charge in [-0.3, -0.25) is 4.79 Å².